The van der Waals surface area contributed by atoms with Crippen molar-refractivity contribution in [1.82, 2.24) is 4.98 Å². The Morgan fingerprint density at radius 1 is 1.37 bits per heavy atom. The van der Waals surface area contributed by atoms with E-state index in [0.717, 1.165) is 24.8 Å². The zero-order valence-electron chi connectivity index (χ0n) is 11.1. The minimum absolute atomic E-state index is 0.0303. The molecular weight excluding hydrogens is 260 g/mol. The Morgan fingerprint density at radius 2 is 2.05 bits per heavy atom. The molecule has 0 radical (unpaired) electrons. The molecule has 1 heterocycles. The van der Waals surface area contributed by atoms with E-state index in [-0.39, 0.29) is 15.8 Å². The number of hydrogen-bond acceptors (Lipinski definition) is 4. The van der Waals surface area contributed by atoms with E-state index in [1.165, 1.54) is 0 Å². The van der Waals surface area contributed by atoms with Crippen molar-refractivity contribution in [2.24, 2.45) is 0 Å². The van der Waals surface area contributed by atoms with Gasteiger partial charge in [0.15, 0.2) is 15.5 Å². The van der Waals surface area contributed by atoms with Crippen molar-refractivity contribution in [2.75, 3.05) is 0 Å². The van der Waals surface area contributed by atoms with Crippen molar-refractivity contribution in [3.63, 3.8) is 0 Å². The number of aromatic nitrogens is 1. The number of hydrogen-bond donors (Lipinski definition) is 0. The lowest BCUT2D eigenvalue weighted by atomic mass is 10.0. The van der Waals surface area contributed by atoms with Crippen LogP contribution in [0.1, 0.15) is 50.3 Å². The first kappa shape index (κ1) is 14.0. The van der Waals surface area contributed by atoms with Gasteiger partial charge in [-0.05, 0) is 30.9 Å². The van der Waals surface area contributed by atoms with Crippen LogP contribution in [-0.2, 0) is 16.3 Å². The molecule has 1 aliphatic carbocycles. The molecule has 0 bridgehead atoms. The van der Waals surface area contributed by atoms with Gasteiger partial charge in [0, 0.05) is 6.20 Å². The molecule has 0 atom stereocenters. The zero-order valence-corrected chi connectivity index (χ0v) is 11.9. The summed E-state index contributed by atoms with van der Waals surface area (Å²) in [6.45, 7) is 1.94. The molecule has 19 heavy (non-hydrogen) atoms. The molecule has 0 spiro atoms. The number of sulfone groups is 1. The Labute approximate surface area is 114 Å². The van der Waals surface area contributed by atoms with Crippen LogP contribution < -0.4 is 0 Å². The highest BCUT2D eigenvalue weighted by Crippen LogP contribution is 2.30. The number of aryl methyl sites for hydroxylation is 1. The topological polar surface area (TPSA) is 70.8 Å². The molecule has 0 saturated heterocycles. The van der Waals surface area contributed by atoms with Crippen LogP contribution in [0.4, 0.5) is 0 Å². The third-order valence-electron chi connectivity index (χ3n) is 3.72. The molecular formula is C14H18N2O2S. The average molecular weight is 278 g/mol. The van der Waals surface area contributed by atoms with Crippen LogP contribution in [0.5, 0.6) is 0 Å². The second-order valence-electron chi connectivity index (χ2n) is 4.96. The summed E-state index contributed by atoms with van der Waals surface area (Å²) in [5, 5.41) is 8.72. The molecule has 2 rings (SSSR count). The van der Waals surface area contributed by atoms with Gasteiger partial charge in [-0.25, -0.2) is 13.4 Å². The van der Waals surface area contributed by atoms with Crippen LogP contribution in [-0.4, -0.2) is 18.7 Å². The minimum atomic E-state index is -3.42. The van der Waals surface area contributed by atoms with Gasteiger partial charge in [0.1, 0.15) is 11.0 Å². The second kappa shape index (κ2) is 5.70. The number of nitriles is 1. The highest BCUT2D eigenvalue weighted by Gasteiger charge is 2.31. The molecule has 0 unspecified atom stereocenters. The molecule has 1 aromatic heterocycles. The molecule has 5 heteroatoms. The number of nitrogens with zero attached hydrogens (tertiary/aromatic N) is 2. The van der Waals surface area contributed by atoms with Crippen molar-refractivity contribution in [1.29, 1.82) is 5.26 Å². The summed E-state index contributed by atoms with van der Waals surface area (Å²) in [7, 11) is -3.42. The van der Waals surface area contributed by atoms with E-state index in [1.54, 1.807) is 12.3 Å². The summed E-state index contributed by atoms with van der Waals surface area (Å²) in [6, 6.07) is 3.52. The predicted octanol–water partition coefficient (Wildman–Crippen LogP) is 2.62. The summed E-state index contributed by atoms with van der Waals surface area (Å²) in [6.07, 6.45) is 6.70. The molecule has 4 nitrogen and oxygen atoms in total. The first-order valence-electron chi connectivity index (χ1n) is 6.72. The summed E-state index contributed by atoms with van der Waals surface area (Å²) >= 11 is 0. The fourth-order valence-corrected chi connectivity index (χ4v) is 4.53. The monoisotopic (exact) mass is 278 g/mol. The SMILES string of the molecule is CCc1cnc(C#N)c(S(=O)(=O)C2CCCCC2)c1. The summed E-state index contributed by atoms with van der Waals surface area (Å²) < 4.78 is 25.3. The van der Waals surface area contributed by atoms with Gasteiger partial charge in [-0.3, -0.25) is 0 Å². The number of rotatable bonds is 3. The van der Waals surface area contributed by atoms with Crippen molar-refractivity contribution in [3.8, 4) is 6.07 Å². The lowest BCUT2D eigenvalue weighted by Gasteiger charge is -2.22. The third kappa shape index (κ3) is 2.79. The molecule has 102 valence electrons. The Morgan fingerprint density at radius 3 is 2.63 bits per heavy atom. The van der Waals surface area contributed by atoms with Crippen LogP contribution in [0.25, 0.3) is 0 Å². The average Bonchev–Trinajstić information content (AvgIpc) is 2.47. The molecule has 1 aromatic rings. The summed E-state index contributed by atoms with van der Waals surface area (Å²) in [5.41, 5.74) is 0.885. The molecule has 1 saturated carbocycles. The van der Waals surface area contributed by atoms with Gasteiger partial charge in [0.2, 0.25) is 0 Å². The summed E-state index contributed by atoms with van der Waals surface area (Å²) in [5.74, 6) is 0. The lowest BCUT2D eigenvalue weighted by molar-refractivity contribution is 0.483. The molecule has 1 aliphatic rings. The Kier molecular flexibility index (Phi) is 4.20. The van der Waals surface area contributed by atoms with E-state index in [1.807, 2.05) is 13.0 Å². The standard InChI is InChI=1S/C14H18N2O2S/c1-2-11-8-14(13(9-15)16-10-11)19(17,18)12-6-4-3-5-7-12/h8,10,12H,2-7H2,1H3. The van der Waals surface area contributed by atoms with E-state index in [4.69, 9.17) is 5.26 Å². The second-order valence-corrected chi connectivity index (χ2v) is 7.16. The molecule has 0 aliphatic heterocycles. The van der Waals surface area contributed by atoms with Gasteiger partial charge in [0.25, 0.3) is 0 Å². The molecule has 0 N–H and O–H groups in total. The highest BCUT2D eigenvalue weighted by molar-refractivity contribution is 7.92. The van der Waals surface area contributed by atoms with Gasteiger partial charge >= 0.3 is 0 Å². The summed E-state index contributed by atoms with van der Waals surface area (Å²) in [4.78, 5) is 4.11. The van der Waals surface area contributed by atoms with E-state index in [9.17, 15) is 8.42 Å². The van der Waals surface area contributed by atoms with Gasteiger partial charge in [0.05, 0.1) is 5.25 Å². The van der Waals surface area contributed by atoms with Crippen molar-refractivity contribution in [3.05, 3.63) is 23.5 Å². The van der Waals surface area contributed by atoms with Crippen LogP contribution in [0, 0.1) is 11.3 Å². The van der Waals surface area contributed by atoms with Crippen molar-refractivity contribution >= 4 is 9.84 Å². The van der Waals surface area contributed by atoms with E-state index in [0.29, 0.717) is 19.3 Å². The minimum Gasteiger partial charge on any atom is -0.244 e. The quantitative estimate of drug-likeness (QED) is 0.852. The van der Waals surface area contributed by atoms with Crippen LogP contribution in [0.3, 0.4) is 0 Å². The Hall–Kier alpha value is -1.41. The largest absolute Gasteiger partial charge is 0.244 e. The van der Waals surface area contributed by atoms with Crippen LogP contribution in [0.15, 0.2) is 17.2 Å². The fourth-order valence-electron chi connectivity index (χ4n) is 2.53. The lowest BCUT2D eigenvalue weighted by Crippen LogP contribution is -2.25. The maximum absolute atomic E-state index is 12.6. The fraction of sp³-hybridized carbons (Fsp3) is 0.571. The van der Waals surface area contributed by atoms with Crippen molar-refractivity contribution in [2.45, 2.75) is 55.6 Å². The molecule has 0 amide bonds. The predicted molar refractivity (Wildman–Crippen MR) is 72.4 cm³/mol. The van der Waals surface area contributed by atoms with E-state index in [2.05, 4.69) is 4.98 Å². The van der Waals surface area contributed by atoms with Gasteiger partial charge < -0.3 is 0 Å². The van der Waals surface area contributed by atoms with Gasteiger partial charge in [-0.2, -0.15) is 5.26 Å². The van der Waals surface area contributed by atoms with Crippen molar-refractivity contribution < 1.29 is 8.42 Å². The van der Waals surface area contributed by atoms with E-state index >= 15 is 0 Å². The van der Waals surface area contributed by atoms with Crippen LogP contribution in [0.2, 0.25) is 0 Å². The smallest absolute Gasteiger partial charge is 0.184 e. The maximum atomic E-state index is 12.6. The van der Waals surface area contributed by atoms with Crippen LogP contribution >= 0.6 is 0 Å². The Balaban J connectivity index is 2.46. The van der Waals surface area contributed by atoms with Gasteiger partial charge in [-0.1, -0.05) is 26.2 Å². The first-order chi connectivity index (χ1) is 9.09. The maximum Gasteiger partial charge on any atom is 0.184 e. The number of pyridine rings is 1. The Bertz CT molecular complexity index is 596. The zero-order chi connectivity index (χ0) is 13.9. The molecule has 1 fully saturated rings. The first-order valence-corrected chi connectivity index (χ1v) is 8.27. The van der Waals surface area contributed by atoms with Gasteiger partial charge in [-0.15, -0.1) is 0 Å². The highest BCUT2D eigenvalue weighted by atomic mass is 32.2. The molecule has 0 aromatic carbocycles. The normalized spacial score (nSPS) is 17.1. The third-order valence-corrected chi connectivity index (χ3v) is 5.99. The van der Waals surface area contributed by atoms with E-state index < -0.39 is 9.84 Å².